The number of carbonyl (C=O) groups is 1. The Kier molecular flexibility index (Phi) is 7.97. The number of hydrogen-bond acceptors (Lipinski definition) is 4. The molecular weight excluding hydrogens is 447 g/mol. The molecule has 3 rings (SSSR count). The van der Waals surface area contributed by atoms with E-state index in [9.17, 15) is 4.79 Å². The second-order valence-corrected chi connectivity index (χ2v) is 7.31. The van der Waals surface area contributed by atoms with Crippen molar-refractivity contribution in [3.8, 4) is 11.5 Å². The first kappa shape index (κ1) is 22.0. The first-order valence-electron chi connectivity index (χ1n) is 8.88. The minimum absolute atomic E-state index is 0.252. The molecule has 3 aromatic carbocycles. The van der Waals surface area contributed by atoms with E-state index in [1.54, 1.807) is 18.2 Å². The molecule has 30 heavy (non-hydrogen) atoms. The van der Waals surface area contributed by atoms with Gasteiger partial charge in [-0.1, -0.05) is 65.1 Å². The number of hydrazone groups is 1. The van der Waals surface area contributed by atoms with Gasteiger partial charge in [0.05, 0.1) is 11.2 Å². The van der Waals surface area contributed by atoms with Crippen LogP contribution in [-0.4, -0.2) is 18.7 Å². The van der Waals surface area contributed by atoms with Crippen LogP contribution >= 0.6 is 34.8 Å². The van der Waals surface area contributed by atoms with Gasteiger partial charge in [0.2, 0.25) is 0 Å². The van der Waals surface area contributed by atoms with Gasteiger partial charge in [-0.25, -0.2) is 5.43 Å². The van der Waals surface area contributed by atoms with Crippen molar-refractivity contribution in [2.75, 3.05) is 6.61 Å². The number of carbonyl (C=O) groups excluding carboxylic acids is 1. The molecule has 0 aliphatic heterocycles. The standard InChI is InChI=1S/C22H17Cl3N2O3/c23-17-10-8-15(9-11-17)13-29-19-6-2-1-4-16(19)12-26-27-21(28)14-30-20-7-3-5-18(24)22(20)25/h1-12H,13-14H2,(H,27,28)/b26-12-. The van der Waals surface area contributed by atoms with Crippen molar-refractivity contribution in [2.24, 2.45) is 5.10 Å². The van der Waals surface area contributed by atoms with E-state index in [0.29, 0.717) is 33.7 Å². The molecule has 0 radical (unpaired) electrons. The molecule has 0 spiro atoms. The van der Waals surface area contributed by atoms with Crippen molar-refractivity contribution in [1.29, 1.82) is 0 Å². The summed E-state index contributed by atoms with van der Waals surface area (Å²) in [6.45, 7) is 0.120. The molecule has 0 unspecified atom stereocenters. The third kappa shape index (κ3) is 6.39. The molecule has 0 aliphatic carbocycles. The molecule has 0 aromatic heterocycles. The quantitative estimate of drug-likeness (QED) is 0.341. The molecule has 3 aromatic rings. The lowest BCUT2D eigenvalue weighted by molar-refractivity contribution is -0.123. The summed E-state index contributed by atoms with van der Waals surface area (Å²) in [6.07, 6.45) is 1.50. The summed E-state index contributed by atoms with van der Waals surface area (Å²) >= 11 is 17.8. The maximum atomic E-state index is 12.0. The Morgan fingerprint density at radius 3 is 2.43 bits per heavy atom. The van der Waals surface area contributed by atoms with Gasteiger partial charge in [0.25, 0.3) is 5.91 Å². The molecule has 0 saturated heterocycles. The molecule has 0 saturated carbocycles. The Hall–Kier alpha value is -2.73. The van der Waals surface area contributed by atoms with Crippen LogP contribution in [-0.2, 0) is 11.4 Å². The number of amides is 1. The minimum Gasteiger partial charge on any atom is -0.488 e. The lowest BCUT2D eigenvalue weighted by atomic mass is 10.2. The number of nitrogens with zero attached hydrogens (tertiary/aromatic N) is 1. The van der Waals surface area contributed by atoms with Crippen molar-refractivity contribution in [2.45, 2.75) is 6.61 Å². The molecule has 0 fully saturated rings. The van der Waals surface area contributed by atoms with Crippen LogP contribution in [0.25, 0.3) is 0 Å². The van der Waals surface area contributed by atoms with Crippen LogP contribution in [0.4, 0.5) is 0 Å². The first-order chi connectivity index (χ1) is 14.5. The Labute approximate surface area is 189 Å². The lowest BCUT2D eigenvalue weighted by Crippen LogP contribution is -2.24. The van der Waals surface area contributed by atoms with Crippen LogP contribution in [0.5, 0.6) is 11.5 Å². The van der Waals surface area contributed by atoms with Crippen molar-refractivity contribution in [1.82, 2.24) is 5.43 Å². The molecule has 0 bridgehead atoms. The van der Waals surface area contributed by atoms with E-state index in [1.807, 2.05) is 48.5 Å². The summed E-state index contributed by atoms with van der Waals surface area (Å²) < 4.78 is 11.2. The number of hydrogen-bond donors (Lipinski definition) is 1. The molecule has 5 nitrogen and oxygen atoms in total. The highest BCUT2D eigenvalue weighted by atomic mass is 35.5. The van der Waals surface area contributed by atoms with E-state index >= 15 is 0 Å². The molecular formula is C22H17Cl3N2O3. The van der Waals surface area contributed by atoms with Gasteiger partial charge in [-0.3, -0.25) is 4.79 Å². The van der Waals surface area contributed by atoms with Gasteiger partial charge in [0.1, 0.15) is 23.1 Å². The molecule has 1 amide bonds. The average molecular weight is 464 g/mol. The molecule has 0 atom stereocenters. The first-order valence-corrected chi connectivity index (χ1v) is 10.0. The normalized spacial score (nSPS) is 10.8. The summed E-state index contributed by atoms with van der Waals surface area (Å²) in [5.74, 6) is 0.513. The van der Waals surface area contributed by atoms with Crippen LogP contribution in [0, 0.1) is 0 Å². The Bertz CT molecular complexity index is 1040. The van der Waals surface area contributed by atoms with Crippen LogP contribution in [0.3, 0.4) is 0 Å². The molecule has 8 heteroatoms. The summed E-state index contributed by atoms with van der Waals surface area (Å²) in [5, 5.41) is 5.23. The van der Waals surface area contributed by atoms with E-state index in [-0.39, 0.29) is 11.6 Å². The summed E-state index contributed by atoms with van der Waals surface area (Å²) in [5.41, 5.74) is 4.10. The highest BCUT2D eigenvalue weighted by molar-refractivity contribution is 6.42. The smallest absolute Gasteiger partial charge is 0.277 e. The fraction of sp³-hybridized carbons (Fsp3) is 0.0909. The van der Waals surface area contributed by atoms with Gasteiger partial charge in [-0.05, 0) is 42.0 Å². The Balaban J connectivity index is 1.53. The number of para-hydroxylation sites is 1. The minimum atomic E-state index is -0.443. The topological polar surface area (TPSA) is 59.9 Å². The number of nitrogens with one attached hydrogen (secondary N) is 1. The third-order valence-corrected chi connectivity index (χ3v) is 4.95. The zero-order chi connectivity index (χ0) is 21.3. The zero-order valence-corrected chi connectivity index (χ0v) is 17.9. The van der Waals surface area contributed by atoms with Crippen molar-refractivity contribution < 1.29 is 14.3 Å². The molecule has 0 aliphatic rings. The van der Waals surface area contributed by atoms with Gasteiger partial charge in [-0.15, -0.1) is 0 Å². The van der Waals surface area contributed by atoms with E-state index in [0.717, 1.165) is 5.56 Å². The van der Waals surface area contributed by atoms with E-state index in [4.69, 9.17) is 44.3 Å². The summed E-state index contributed by atoms with van der Waals surface area (Å²) in [7, 11) is 0. The van der Waals surface area contributed by atoms with Gasteiger partial charge >= 0.3 is 0 Å². The number of benzene rings is 3. The fourth-order valence-electron chi connectivity index (χ4n) is 2.41. The van der Waals surface area contributed by atoms with Crippen molar-refractivity contribution in [3.63, 3.8) is 0 Å². The highest BCUT2D eigenvalue weighted by Crippen LogP contribution is 2.31. The SMILES string of the molecule is O=C(COc1cccc(Cl)c1Cl)N/N=C\c1ccccc1OCc1ccc(Cl)cc1. The molecule has 0 heterocycles. The van der Waals surface area contributed by atoms with Crippen LogP contribution in [0.1, 0.15) is 11.1 Å². The summed E-state index contributed by atoms with van der Waals surface area (Å²) in [4.78, 5) is 12.0. The van der Waals surface area contributed by atoms with Gasteiger partial charge in [0, 0.05) is 10.6 Å². The maximum absolute atomic E-state index is 12.0. The zero-order valence-electron chi connectivity index (χ0n) is 15.6. The predicted molar refractivity (Wildman–Crippen MR) is 120 cm³/mol. The average Bonchev–Trinajstić information content (AvgIpc) is 2.75. The lowest BCUT2D eigenvalue weighted by Gasteiger charge is -2.09. The second kappa shape index (κ2) is 10.9. The predicted octanol–water partition coefficient (Wildman–Crippen LogP) is 5.75. The van der Waals surface area contributed by atoms with Gasteiger partial charge in [0.15, 0.2) is 6.61 Å². The van der Waals surface area contributed by atoms with E-state index in [1.165, 1.54) is 6.21 Å². The maximum Gasteiger partial charge on any atom is 0.277 e. The van der Waals surface area contributed by atoms with Crippen molar-refractivity contribution >= 4 is 46.9 Å². The van der Waals surface area contributed by atoms with Gasteiger partial charge in [-0.2, -0.15) is 5.10 Å². The van der Waals surface area contributed by atoms with Crippen LogP contribution < -0.4 is 14.9 Å². The Morgan fingerprint density at radius 2 is 1.63 bits per heavy atom. The third-order valence-electron chi connectivity index (χ3n) is 3.89. The monoisotopic (exact) mass is 462 g/mol. The molecule has 1 N–H and O–H groups in total. The highest BCUT2D eigenvalue weighted by Gasteiger charge is 2.08. The fourth-order valence-corrected chi connectivity index (χ4v) is 2.88. The number of halogens is 3. The van der Waals surface area contributed by atoms with Crippen molar-refractivity contribution in [3.05, 3.63) is 92.9 Å². The largest absolute Gasteiger partial charge is 0.488 e. The van der Waals surface area contributed by atoms with E-state index in [2.05, 4.69) is 10.5 Å². The number of ether oxygens (including phenoxy) is 2. The Morgan fingerprint density at radius 1 is 0.900 bits per heavy atom. The van der Waals surface area contributed by atoms with Gasteiger partial charge < -0.3 is 9.47 Å². The number of rotatable bonds is 8. The second-order valence-electron chi connectivity index (χ2n) is 6.09. The van der Waals surface area contributed by atoms with E-state index < -0.39 is 5.91 Å². The summed E-state index contributed by atoms with van der Waals surface area (Å²) in [6, 6.07) is 19.7. The van der Waals surface area contributed by atoms with Crippen LogP contribution in [0.15, 0.2) is 71.8 Å². The van der Waals surface area contributed by atoms with Crippen LogP contribution in [0.2, 0.25) is 15.1 Å². The molecule has 154 valence electrons.